The summed E-state index contributed by atoms with van der Waals surface area (Å²) in [5.74, 6) is 0.737. The smallest absolute Gasteiger partial charge is 0.252 e. The number of ether oxygens (including phenoxy) is 1. The van der Waals surface area contributed by atoms with Crippen molar-refractivity contribution in [2.24, 2.45) is 0 Å². The molecule has 112 valence electrons. The summed E-state index contributed by atoms with van der Waals surface area (Å²) < 4.78 is 7.33. The Morgan fingerprint density at radius 1 is 1.32 bits per heavy atom. The Balaban J connectivity index is 1.63. The number of carbonyl (C=O) groups is 1. The van der Waals surface area contributed by atoms with Crippen molar-refractivity contribution in [2.45, 2.75) is 6.54 Å². The van der Waals surface area contributed by atoms with Crippen LogP contribution in [-0.4, -0.2) is 29.1 Å². The summed E-state index contributed by atoms with van der Waals surface area (Å²) in [4.78, 5) is 15.9. The first-order chi connectivity index (χ1) is 10.8. The Morgan fingerprint density at radius 3 is 3.00 bits per heavy atom. The molecule has 0 fully saturated rings. The molecule has 3 rings (SSSR count). The maximum absolute atomic E-state index is 11.9. The fourth-order valence-electron chi connectivity index (χ4n) is 2.39. The van der Waals surface area contributed by atoms with Gasteiger partial charge >= 0.3 is 0 Å². The molecule has 1 N–H and O–H groups in total. The van der Waals surface area contributed by atoms with Crippen LogP contribution in [-0.2, 0) is 6.54 Å². The van der Waals surface area contributed by atoms with E-state index < -0.39 is 0 Å². The zero-order valence-electron chi connectivity index (χ0n) is 12.3. The fraction of sp³-hybridized carbons (Fsp3) is 0.176. The highest BCUT2D eigenvalue weighted by molar-refractivity contribution is 5.93. The van der Waals surface area contributed by atoms with E-state index in [-0.39, 0.29) is 5.91 Å². The van der Waals surface area contributed by atoms with Gasteiger partial charge in [0.1, 0.15) is 5.75 Å². The lowest BCUT2D eigenvalue weighted by atomic mass is 10.2. The van der Waals surface area contributed by atoms with Gasteiger partial charge in [-0.15, -0.1) is 0 Å². The summed E-state index contributed by atoms with van der Waals surface area (Å²) in [7, 11) is 1.66. The van der Waals surface area contributed by atoms with Crippen molar-refractivity contribution in [3.05, 3.63) is 60.6 Å². The Kier molecular flexibility index (Phi) is 4.05. The zero-order chi connectivity index (χ0) is 15.4. The Hall–Kier alpha value is -2.82. The molecule has 2 aromatic heterocycles. The predicted octanol–water partition coefficient (Wildman–Crippen LogP) is 2.47. The second kappa shape index (κ2) is 6.30. The molecule has 1 aromatic carbocycles. The third kappa shape index (κ3) is 2.93. The molecule has 0 bridgehead atoms. The summed E-state index contributed by atoms with van der Waals surface area (Å²) >= 11 is 0. The van der Waals surface area contributed by atoms with Gasteiger partial charge in [-0.1, -0.05) is 0 Å². The second-order valence-electron chi connectivity index (χ2n) is 4.93. The molecule has 5 heteroatoms. The Labute approximate surface area is 128 Å². The van der Waals surface area contributed by atoms with Gasteiger partial charge in [-0.25, -0.2) is 0 Å². The van der Waals surface area contributed by atoms with Crippen LogP contribution in [0.3, 0.4) is 0 Å². The molecule has 0 aliphatic rings. The molecule has 0 radical (unpaired) electrons. The van der Waals surface area contributed by atoms with Crippen LogP contribution < -0.4 is 10.1 Å². The lowest BCUT2D eigenvalue weighted by Crippen LogP contribution is -2.27. The molecule has 2 heterocycles. The van der Waals surface area contributed by atoms with Crippen molar-refractivity contribution in [3.63, 3.8) is 0 Å². The molecule has 0 aliphatic heterocycles. The number of carbonyl (C=O) groups excluding carboxylic acids is 1. The largest absolute Gasteiger partial charge is 0.497 e. The monoisotopic (exact) mass is 295 g/mol. The molecule has 0 saturated heterocycles. The second-order valence-corrected chi connectivity index (χ2v) is 4.93. The van der Waals surface area contributed by atoms with Crippen LogP contribution in [0.1, 0.15) is 10.4 Å². The van der Waals surface area contributed by atoms with Gasteiger partial charge in [0, 0.05) is 42.6 Å². The Bertz CT molecular complexity index is 781. The molecular formula is C17H17N3O2. The number of nitrogens with zero attached hydrogens (tertiary/aromatic N) is 2. The SMILES string of the molecule is COc1ccc2c(ccn2CCNC(=O)c2cccnc2)c1. The molecule has 0 saturated carbocycles. The first-order valence-corrected chi connectivity index (χ1v) is 7.09. The van der Waals surface area contributed by atoms with Gasteiger partial charge in [0.25, 0.3) is 5.91 Å². The molecular weight excluding hydrogens is 278 g/mol. The molecule has 0 spiro atoms. The molecule has 0 atom stereocenters. The van der Waals surface area contributed by atoms with Crippen LogP contribution in [0.2, 0.25) is 0 Å². The number of pyridine rings is 1. The normalized spacial score (nSPS) is 10.6. The van der Waals surface area contributed by atoms with Crippen molar-refractivity contribution < 1.29 is 9.53 Å². The van der Waals surface area contributed by atoms with E-state index in [0.29, 0.717) is 18.7 Å². The highest BCUT2D eigenvalue weighted by atomic mass is 16.5. The van der Waals surface area contributed by atoms with Crippen molar-refractivity contribution in [3.8, 4) is 5.75 Å². The van der Waals surface area contributed by atoms with Crippen molar-refractivity contribution in [1.29, 1.82) is 0 Å². The van der Waals surface area contributed by atoms with Gasteiger partial charge in [-0.3, -0.25) is 9.78 Å². The van der Waals surface area contributed by atoms with Crippen LogP contribution in [0, 0.1) is 0 Å². The number of fused-ring (bicyclic) bond motifs is 1. The molecule has 5 nitrogen and oxygen atoms in total. The third-order valence-electron chi connectivity index (χ3n) is 3.54. The van der Waals surface area contributed by atoms with E-state index in [2.05, 4.69) is 14.9 Å². The lowest BCUT2D eigenvalue weighted by Gasteiger charge is -2.08. The minimum absolute atomic E-state index is 0.105. The minimum Gasteiger partial charge on any atom is -0.497 e. The van der Waals surface area contributed by atoms with Crippen LogP contribution in [0.15, 0.2) is 55.0 Å². The lowest BCUT2D eigenvalue weighted by molar-refractivity contribution is 0.0952. The summed E-state index contributed by atoms with van der Waals surface area (Å²) in [6, 6.07) is 11.5. The zero-order valence-corrected chi connectivity index (χ0v) is 12.3. The van der Waals surface area contributed by atoms with E-state index in [1.807, 2.05) is 30.5 Å². The molecule has 3 aromatic rings. The number of nitrogens with one attached hydrogen (secondary N) is 1. The van der Waals surface area contributed by atoms with Crippen LogP contribution in [0.4, 0.5) is 0 Å². The molecule has 0 aliphatic carbocycles. The fourth-order valence-corrected chi connectivity index (χ4v) is 2.39. The van der Waals surface area contributed by atoms with Crippen LogP contribution in [0.5, 0.6) is 5.75 Å². The van der Waals surface area contributed by atoms with E-state index in [1.54, 1.807) is 31.6 Å². The van der Waals surface area contributed by atoms with E-state index >= 15 is 0 Å². The maximum Gasteiger partial charge on any atom is 0.252 e. The van der Waals surface area contributed by atoms with Gasteiger partial charge in [0.05, 0.1) is 12.7 Å². The highest BCUT2D eigenvalue weighted by Crippen LogP contribution is 2.21. The number of methoxy groups -OCH3 is 1. The van der Waals surface area contributed by atoms with E-state index in [1.165, 1.54) is 0 Å². The quantitative estimate of drug-likeness (QED) is 0.786. The van der Waals surface area contributed by atoms with Gasteiger partial charge in [0.2, 0.25) is 0 Å². The average molecular weight is 295 g/mol. The molecule has 1 amide bonds. The predicted molar refractivity (Wildman–Crippen MR) is 85.1 cm³/mol. The number of benzene rings is 1. The summed E-state index contributed by atoms with van der Waals surface area (Å²) in [6.45, 7) is 1.27. The van der Waals surface area contributed by atoms with Crippen molar-refractivity contribution >= 4 is 16.8 Å². The summed E-state index contributed by atoms with van der Waals surface area (Å²) in [5, 5.41) is 4.02. The first-order valence-electron chi connectivity index (χ1n) is 7.09. The summed E-state index contributed by atoms with van der Waals surface area (Å²) in [6.07, 6.45) is 5.23. The average Bonchev–Trinajstić information content (AvgIpc) is 2.98. The maximum atomic E-state index is 11.9. The third-order valence-corrected chi connectivity index (χ3v) is 3.54. The van der Waals surface area contributed by atoms with Gasteiger partial charge in [0.15, 0.2) is 0 Å². The van der Waals surface area contributed by atoms with E-state index in [4.69, 9.17) is 4.74 Å². The number of amides is 1. The standard InChI is InChI=1S/C17H17N3O2/c1-22-15-4-5-16-13(11-15)6-9-20(16)10-8-19-17(21)14-3-2-7-18-12-14/h2-7,9,11-12H,8,10H2,1H3,(H,19,21). The minimum atomic E-state index is -0.105. The Morgan fingerprint density at radius 2 is 2.23 bits per heavy atom. The van der Waals surface area contributed by atoms with E-state index in [0.717, 1.165) is 16.7 Å². The van der Waals surface area contributed by atoms with E-state index in [9.17, 15) is 4.79 Å². The van der Waals surface area contributed by atoms with Gasteiger partial charge in [-0.05, 0) is 36.4 Å². The highest BCUT2D eigenvalue weighted by Gasteiger charge is 2.05. The topological polar surface area (TPSA) is 56.1 Å². The van der Waals surface area contributed by atoms with Crippen molar-refractivity contribution in [2.75, 3.05) is 13.7 Å². The van der Waals surface area contributed by atoms with Crippen LogP contribution in [0.25, 0.3) is 10.9 Å². The molecule has 0 unspecified atom stereocenters. The first kappa shape index (κ1) is 14.1. The van der Waals surface area contributed by atoms with Crippen molar-refractivity contribution in [1.82, 2.24) is 14.9 Å². The number of rotatable bonds is 5. The van der Waals surface area contributed by atoms with Crippen LogP contribution >= 0.6 is 0 Å². The van der Waals surface area contributed by atoms with Gasteiger partial charge in [-0.2, -0.15) is 0 Å². The number of hydrogen-bond donors (Lipinski definition) is 1. The molecule has 22 heavy (non-hydrogen) atoms. The summed E-state index contributed by atoms with van der Waals surface area (Å²) in [5.41, 5.74) is 1.70. The van der Waals surface area contributed by atoms with Gasteiger partial charge < -0.3 is 14.6 Å². The number of hydrogen-bond acceptors (Lipinski definition) is 3. The number of aromatic nitrogens is 2.